The van der Waals surface area contributed by atoms with Gasteiger partial charge in [0.2, 0.25) is 0 Å². The van der Waals surface area contributed by atoms with E-state index in [-0.39, 0.29) is 12.0 Å². The normalized spacial score (nSPS) is 10.6. The van der Waals surface area contributed by atoms with E-state index in [0.717, 1.165) is 11.1 Å². The summed E-state index contributed by atoms with van der Waals surface area (Å²) < 4.78 is 7.30. The number of hydrogen-bond donors (Lipinski definition) is 1. The van der Waals surface area contributed by atoms with Gasteiger partial charge in [0, 0.05) is 18.1 Å². The summed E-state index contributed by atoms with van der Waals surface area (Å²) in [5, 5.41) is 8.72. The molecule has 0 aliphatic carbocycles. The average Bonchev–Trinajstić information content (AvgIpc) is 2.70. The molecular weight excluding hydrogens is 356 g/mol. The summed E-state index contributed by atoms with van der Waals surface area (Å²) in [6.07, 6.45) is 0.595. The molecule has 1 aromatic heterocycles. The van der Waals surface area contributed by atoms with Gasteiger partial charge in [-0.1, -0.05) is 42.5 Å². The molecule has 144 valence electrons. The highest BCUT2D eigenvalue weighted by molar-refractivity contribution is 5.67. The number of benzene rings is 2. The lowest BCUT2D eigenvalue weighted by Gasteiger charge is -2.12. The fourth-order valence-corrected chi connectivity index (χ4v) is 2.91. The second kappa shape index (κ2) is 8.99. The van der Waals surface area contributed by atoms with Crippen molar-refractivity contribution in [2.75, 3.05) is 6.61 Å². The molecule has 0 aliphatic heterocycles. The monoisotopic (exact) mass is 378 g/mol. The van der Waals surface area contributed by atoms with E-state index in [2.05, 4.69) is 4.98 Å². The number of carboxylic acid groups (broad SMARTS) is 1. The van der Waals surface area contributed by atoms with Gasteiger partial charge in [0.05, 0.1) is 12.2 Å². The molecular formula is C22H22N2O4. The Bertz CT molecular complexity index is 995. The van der Waals surface area contributed by atoms with Gasteiger partial charge in [-0.05, 0) is 31.0 Å². The first-order valence-electron chi connectivity index (χ1n) is 9.10. The van der Waals surface area contributed by atoms with E-state index < -0.39 is 5.97 Å². The van der Waals surface area contributed by atoms with E-state index >= 15 is 0 Å². The van der Waals surface area contributed by atoms with Crippen LogP contribution in [0.3, 0.4) is 0 Å². The predicted octanol–water partition coefficient (Wildman–Crippen LogP) is 3.31. The highest BCUT2D eigenvalue weighted by atomic mass is 16.5. The molecule has 0 saturated carbocycles. The van der Waals surface area contributed by atoms with Gasteiger partial charge in [0.25, 0.3) is 5.56 Å². The SMILES string of the molecule is Cc1nc(-c2ccccc2)cc(=O)n1CCOc1ccc(CCC(=O)O)cc1. The van der Waals surface area contributed by atoms with Gasteiger partial charge in [-0.15, -0.1) is 0 Å². The number of carboxylic acids is 1. The van der Waals surface area contributed by atoms with Gasteiger partial charge < -0.3 is 9.84 Å². The number of carbonyl (C=O) groups is 1. The van der Waals surface area contributed by atoms with Crippen LogP contribution in [0.15, 0.2) is 65.5 Å². The Kier molecular flexibility index (Phi) is 6.22. The average molecular weight is 378 g/mol. The molecule has 3 rings (SSSR count). The van der Waals surface area contributed by atoms with Crippen LogP contribution in [0.5, 0.6) is 5.75 Å². The number of aliphatic carboxylic acids is 1. The zero-order chi connectivity index (χ0) is 19.9. The zero-order valence-electron chi connectivity index (χ0n) is 15.7. The minimum absolute atomic E-state index is 0.106. The van der Waals surface area contributed by atoms with Crippen LogP contribution in [0.2, 0.25) is 0 Å². The number of nitrogens with zero attached hydrogens (tertiary/aromatic N) is 2. The van der Waals surface area contributed by atoms with E-state index in [0.29, 0.717) is 36.8 Å². The molecule has 0 unspecified atom stereocenters. The highest BCUT2D eigenvalue weighted by Gasteiger charge is 2.07. The summed E-state index contributed by atoms with van der Waals surface area (Å²) in [7, 11) is 0. The first-order chi connectivity index (χ1) is 13.5. The van der Waals surface area contributed by atoms with Crippen LogP contribution in [-0.2, 0) is 17.8 Å². The topological polar surface area (TPSA) is 81.4 Å². The Morgan fingerprint density at radius 3 is 2.46 bits per heavy atom. The lowest BCUT2D eigenvalue weighted by molar-refractivity contribution is -0.136. The number of ether oxygens (including phenoxy) is 1. The summed E-state index contributed by atoms with van der Waals surface area (Å²) in [5.41, 5.74) is 2.41. The number of aryl methyl sites for hydroxylation is 2. The number of aromatic nitrogens is 2. The van der Waals surface area contributed by atoms with E-state index in [1.807, 2.05) is 61.5 Å². The molecule has 0 fully saturated rings. The number of hydrogen-bond acceptors (Lipinski definition) is 4. The van der Waals surface area contributed by atoms with Crippen LogP contribution >= 0.6 is 0 Å². The third-order valence-electron chi connectivity index (χ3n) is 4.40. The predicted molar refractivity (Wildman–Crippen MR) is 107 cm³/mol. The second-order valence-corrected chi connectivity index (χ2v) is 6.43. The molecule has 1 heterocycles. The van der Waals surface area contributed by atoms with Crippen molar-refractivity contribution < 1.29 is 14.6 Å². The Morgan fingerprint density at radius 2 is 1.82 bits per heavy atom. The van der Waals surface area contributed by atoms with E-state index in [4.69, 9.17) is 9.84 Å². The molecule has 0 radical (unpaired) electrons. The van der Waals surface area contributed by atoms with E-state index in [1.165, 1.54) is 0 Å². The van der Waals surface area contributed by atoms with Gasteiger partial charge in [-0.3, -0.25) is 14.2 Å². The van der Waals surface area contributed by atoms with Gasteiger partial charge in [-0.25, -0.2) is 4.98 Å². The van der Waals surface area contributed by atoms with Crippen molar-refractivity contribution in [3.63, 3.8) is 0 Å². The Labute approximate surface area is 163 Å². The van der Waals surface area contributed by atoms with Crippen LogP contribution in [0.4, 0.5) is 0 Å². The summed E-state index contributed by atoms with van der Waals surface area (Å²) in [6, 6.07) is 18.5. The summed E-state index contributed by atoms with van der Waals surface area (Å²) in [5.74, 6) is 0.505. The van der Waals surface area contributed by atoms with Crippen molar-refractivity contribution in [3.8, 4) is 17.0 Å². The van der Waals surface area contributed by atoms with Gasteiger partial charge in [-0.2, -0.15) is 0 Å². The van der Waals surface area contributed by atoms with Crippen LogP contribution < -0.4 is 10.3 Å². The van der Waals surface area contributed by atoms with Crippen molar-refractivity contribution >= 4 is 5.97 Å². The van der Waals surface area contributed by atoms with Crippen molar-refractivity contribution in [1.82, 2.24) is 9.55 Å². The van der Waals surface area contributed by atoms with Gasteiger partial charge in [0.15, 0.2) is 0 Å². The molecule has 0 saturated heterocycles. The van der Waals surface area contributed by atoms with Crippen LogP contribution in [0.25, 0.3) is 11.3 Å². The Morgan fingerprint density at radius 1 is 1.11 bits per heavy atom. The quantitative estimate of drug-likeness (QED) is 0.650. The van der Waals surface area contributed by atoms with Crippen molar-refractivity contribution in [3.05, 3.63) is 82.4 Å². The third-order valence-corrected chi connectivity index (χ3v) is 4.40. The Hall–Kier alpha value is -3.41. The second-order valence-electron chi connectivity index (χ2n) is 6.43. The van der Waals surface area contributed by atoms with E-state index in [9.17, 15) is 9.59 Å². The first kappa shape index (κ1) is 19.4. The van der Waals surface area contributed by atoms with Crippen LogP contribution in [0, 0.1) is 6.92 Å². The molecule has 0 spiro atoms. The molecule has 3 aromatic rings. The summed E-state index contributed by atoms with van der Waals surface area (Å²) in [6.45, 7) is 2.54. The largest absolute Gasteiger partial charge is 0.492 e. The maximum Gasteiger partial charge on any atom is 0.303 e. The smallest absolute Gasteiger partial charge is 0.303 e. The lowest BCUT2D eigenvalue weighted by Crippen LogP contribution is -2.26. The fraction of sp³-hybridized carbons (Fsp3) is 0.227. The first-order valence-corrected chi connectivity index (χ1v) is 9.10. The standard InChI is InChI=1S/C22H22N2O4/c1-16-23-20(18-5-3-2-4-6-18)15-21(25)24(16)13-14-28-19-10-7-17(8-11-19)9-12-22(26)27/h2-8,10-11,15H,9,12-14H2,1H3,(H,26,27). The molecule has 0 amide bonds. The maximum absolute atomic E-state index is 12.5. The lowest BCUT2D eigenvalue weighted by atomic mass is 10.1. The molecule has 0 bridgehead atoms. The molecule has 0 aliphatic rings. The van der Waals surface area contributed by atoms with E-state index in [1.54, 1.807) is 10.6 Å². The molecule has 28 heavy (non-hydrogen) atoms. The maximum atomic E-state index is 12.5. The molecule has 6 heteroatoms. The Balaban J connectivity index is 1.60. The summed E-state index contributed by atoms with van der Waals surface area (Å²) in [4.78, 5) is 27.6. The summed E-state index contributed by atoms with van der Waals surface area (Å²) >= 11 is 0. The molecule has 0 atom stereocenters. The highest BCUT2D eigenvalue weighted by Crippen LogP contribution is 2.15. The van der Waals surface area contributed by atoms with Crippen LogP contribution in [0.1, 0.15) is 17.8 Å². The minimum atomic E-state index is -0.812. The fourth-order valence-electron chi connectivity index (χ4n) is 2.91. The van der Waals surface area contributed by atoms with Crippen molar-refractivity contribution in [2.24, 2.45) is 0 Å². The zero-order valence-corrected chi connectivity index (χ0v) is 15.7. The van der Waals surface area contributed by atoms with Gasteiger partial charge in [0.1, 0.15) is 18.2 Å². The molecule has 1 N–H and O–H groups in total. The van der Waals surface area contributed by atoms with Crippen LogP contribution in [-0.4, -0.2) is 27.2 Å². The van der Waals surface area contributed by atoms with Crippen molar-refractivity contribution in [2.45, 2.75) is 26.3 Å². The van der Waals surface area contributed by atoms with Gasteiger partial charge >= 0.3 is 5.97 Å². The minimum Gasteiger partial charge on any atom is -0.492 e. The number of rotatable bonds is 8. The van der Waals surface area contributed by atoms with Crippen molar-refractivity contribution in [1.29, 1.82) is 0 Å². The molecule has 6 nitrogen and oxygen atoms in total. The third kappa shape index (κ3) is 5.07. The molecule has 2 aromatic carbocycles.